The van der Waals surface area contributed by atoms with E-state index in [0.717, 1.165) is 50.3 Å². The summed E-state index contributed by atoms with van der Waals surface area (Å²) in [6.45, 7) is 8.94. The molecule has 7 heteroatoms. The number of nitrogens with zero attached hydrogens (tertiary/aromatic N) is 4. The maximum Gasteiger partial charge on any atom is 0.232 e. The topological polar surface area (TPSA) is 56.3 Å². The molecule has 1 aromatic carbocycles. The van der Waals surface area contributed by atoms with Crippen LogP contribution >= 0.6 is 12.2 Å². The predicted octanol–water partition coefficient (Wildman–Crippen LogP) is 3.54. The molecule has 2 aliphatic heterocycles. The molecule has 28 heavy (non-hydrogen) atoms. The van der Waals surface area contributed by atoms with E-state index in [2.05, 4.69) is 57.7 Å². The van der Waals surface area contributed by atoms with Crippen molar-refractivity contribution in [2.45, 2.75) is 39.8 Å². The zero-order valence-corrected chi connectivity index (χ0v) is 17.4. The molecule has 0 saturated carbocycles. The van der Waals surface area contributed by atoms with Crippen LogP contribution in [-0.2, 0) is 13.1 Å². The summed E-state index contributed by atoms with van der Waals surface area (Å²) < 4.78 is 0. The Morgan fingerprint density at radius 1 is 1.07 bits per heavy atom. The van der Waals surface area contributed by atoms with E-state index in [1.54, 1.807) is 0 Å². The molecule has 2 N–H and O–H groups in total. The van der Waals surface area contributed by atoms with E-state index in [9.17, 15) is 0 Å². The molecule has 2 aromatic rings. The summed E-state index contributed by atoms with van der Waals surface area (Å²) in [5.41, 5.74) is 2.74. The van der Waals surface area contributed by atoms with Crippen molar-refractivity contribution in [2.24, 2.45) is 5.92 Å². The Labute approximate surface area is 172 Å². The van der Waals surface area contributed by atoms with Crippen LogP contribution in [0.2, 0.25) is 0 Å². The monoisotopic (exact) mass is 396 g/mol. The highest BCUT2D eigenvalue weighted by Crippen LogP contribution is 2.30. The summed E-state index contributed by atoms with van der Waals surface area (Å²) in [5.74, 6) is 3.27. The molecule has 0 bridgehead atoms. The largest absolute Gasteiger partial charge is 0.363 e. The fraction of sp³-hybridized carbons (Fsp3) is 0.476. The van der Waals surface area contributed by atoms with Gasteiger partial charge in [0, 0.05) is 38.8 Å². The molecule has 1 fully saturated rings. The van der Waals surface area contributed by atoms with Gasteiger partial charge in [-0.25, -0.2) is 0 Å². The first kappa shape index (κ1) is 18.9. The van der Waals surface area contributed by atoms with Crippen LogP contribution in [0.5, 0.6) is 0 Å². The molecule has 0 spiro atoms. The molecule has 4 rings (SSSR count). The number of thiocarbonyl (C=S) groups is 1. The fourth-order valence-corrected chi connectivity index (χ4v) is 4.08. The van der Waals surface area contributed by atoms with Gasteiger partial charge in [0.1, 0.15) is 11.6 Å². The second-order valence-corrected chi connectivity index (χ2v) is 8.09. The third-order valence-corrected chi connectivity index (χ3v) is 5.78. The molecule has 148 valence electrons. The molecule has 0 radical (unpaired) electrons. The molecule has 6 nitrogen and oxygen atoms in total. The molecule has 2 aliphatic rings. The smallest absolute Gasteiger partial charge is 0.232 e. The zero-order chi connectivity index (χ0) is 19.5. The van der Waals surface area contributed by atoms with Gasteiger partial charge in [0.15, 0.2) is 5.11 Å². The number of aromatic nitrogens is 2. The number of nitrogens with one attached hydrogen (secondary N) is 2. The minimum absolute atomic E-state index is 0.558. The van der Waals surface area contributed by atoms with E-state index in [4.69, 9.17) is 22.2 Å². The lowest BCUT2D eigenvalue weighted by Gasteiger charge is -2.32. The fourth-order valence-electron chi connectivity index (χ4n) is 3.84. The number of rotatable bonds is 4. The molecular formula is C21H28N6S. The van der Waals surface area contributed by atoms with Gasteiger partial charge in [-0.05, 0) is 49.0 Å². The van der Waals surface area contributed by atoms with Gasteiger partial charge < -0.3 is 20.4 Å². The van der Waals surface area contributed by atoms with Crippen molar-refractivity contribution < 1.29 is 0 Å². The highest BCUT2D eigenvalue weighted by atomic mass is 32.1. The predicted molar refractivity (Wildman–Crippen MR) is 119 cm³/mol. The van der Waals surface area contributed by atoms with Crippen LogP contribution in [-0.4, -0.2) is 34.7 Å². The van der Waals surface area contributed by atoms with E-state index in [1.165, 1.54) is 24.0 Å². The molecule has 0 amide bonds. The lowest BCUT2D eigenvalue weighted by Crippen LogP contribution is -2.34. The summed E-state index contributed by atoms with van der Waals surface area (Å²) in [6, 6.07) is 10.7. The second kappa shape index (κ2) is 8.31. The first-order valence-electron chi connectivity index (χ1n) is 10.1. The molecular weight excluding hydrogens is 368 g/mol. The van der Waals surface area contributed by atoms with Crippen LogP contribution in [0.1, 0.15) is 37.8 Å². The Balaban J connectivity index is 1.61. The Hall–Kier alpha value is -2.41. The van der Waals surface area contributed by atoms with Crippen molar-refractivity contribution >= 4 is 34.9 Å². The van der Waals surface area contributed by atoms with Crippen LogP contribution in [0.4, 0.5) is 17.6 Å². The third-order valence-electron chi connectivity index (χ3n) is 5.53. The molecule has 0 unspecified atom stereocenters. The van der Waals surface area contributed by atoms with E-state index in [1.807, 2.05) is 6.92 Å². The van der Waals surface area contributed by atoms with Gasteiger partial charge >= 0.3 is 0 Å². The highest BCUT2D eigenvalue weighted by molar-refractivity contribution is 7.80. The standard InChI is InChI=1S/C21H28N6S/c1-3-22-21(28)25-20-23-18(26-10-8-15(2)9-11-26)12-19(24-20)27-13-16-6-4-5-7-17(16)14-27/h4-7,12,15H,3,8-11,13-14H2,1-2H3,(H2,22,23,24,25,28). The first-order chi connectivity index (χ1) is 13.6. The van der Waals surface area contributed by atoms with Crippen molar-refractivity contribution in [1.29, 1.82) is 0 Å². The summed E-state index contributed by atoms with van der Waals surface area (Å²) in [6.07, 6.45) is 2.40. The first-order valence-corrected chi connectivity index (χ1v) is 10.5. The van der Waals surface area contributed by atoms with Gasteiger partial charge in [0.05, 0.1) is 0 Å². The maximum absolute atomic E-state index is 5.36. The number of hydrogen-bond acceptors (Lipinski definition) is 5. The van der Waals surface area contributed by atoms with Crippen LogP contribution in [0, 0.1) is 5.92 Å². The summed E-state index contributed by atoms with van der Waals surface area (Å²) in [5, 5.41) is 6.83. The van der Waals surface area contributed by atoms with Gasteiger partial charge in [-0.3, -0.25) is 0 Å². The molecule has 3 heterocycles. The third kappa shape index (κ3) is 4.19. The number of hydrogen-bond donors (Lipinski definition) is 2. The number of benzene rings is 1. The summed E-state index contributed by atoms with van der Waals surface area (Å²) >= 11 is 5.36. The Bertz CT molecular complexity index is 822. The Kier molecular flexibility index (Phi) is 5.62. The summed E-state index contributed by atoms with van der Waals surface area (Å²) in [4.78, 5) is 14.2. The van der Waals surface area contributed by atoms with Crippen molar-refractivity contribution in [3.63, 3.8) is 0 Å². The van der Waals surface area contributed by atoms with Crippen molar-refractivity contribution in [2.75, 3.05) is 34.8 Å². The van der Waals surface area contributed by atoms with Crippen LogP contribution in [0.3, 0.4) is 0 Å². The summed E-state index contributed by atoms with van der Waals surface area (Å²) in [7, 11) is 0. The lowest BCUT2D eigenvalue weighted by atomic mass is 9.99. The second-order valence-electron chi connectivity index (χ2n) is 7.69. The lowest BCUT2D eigenvalue weighted by molar-refractivity contribution is 0.436. The average Bonchev–Trinajstić information content (AvgIpc) is 3.13. The van der Waals surface area contributed by atoms with Gasteiger partial charge in [-0.1, -0.05) is 31.2 Å². The van der Waals surface area contributed by atoms with Crippen LogP contribution in [0.15, 0.2) is 30.3 Å². The minimum atomic E-state index is 0.558. The normalized spacial score (nSPS) is 16.8. The zero-order valence-electron chi connectivity index (χ0n) is 16.6. The Morgan fingerprint density at radius 2 is 1.68 bits per heavy atom. The van der Waals surface area contributed by atoms with E-state index < -0.39 is 0 Å². The van der Waals surface area contributed by atoms with Crippen molar-refractivity contribution in [3.8, 4) is 0 Å². The quantitative estimate of drug-likeness (QED) is 0.767. The molecule has 1 saturated heterocycles. The van der Waals surface area contributed by atoms with Crippen LogP contribution in [0.25, 0.3) is 0 Å². The van der Waals surface area contributed by atoms with E-state index in [-0.39, 0.29) is 0 Å². The number of fused-ring (bicyclic) bond motifs is 1. The van der Waals surface area contributed by atoms with Gasteiger partial charge in [-0.2, -0.15) is 9.97 Å². The van der Waals surface area contributed by atoms with Crippen LogP contribution < -0.4 is 20.4 Å². The molecule has 0 aliphatic carbocycles. The van der Waals surface area contributed by atoms with Crippen molar-refractivity contribution in [1.82, 2.24) is 15.3 Å². The van der Waals surface area contributed by atoms with Gasteiger partial charge in [-0.15, -0.1) is 0 Å². The van der Waals surface area contributed by atoms with Gasteiger partial charge in [0.25, 0.3) is 0 Å². The van der Waals surface area contributed by atoms with E-state index in [0.29, 0.717) is 11.1 Å². The van der Waals surface area contributed by atoms with Crippen molar-refractivity contribution in [3.05, 3.63) is 41.5 Å². The van der Waals surface area contributed by atoms with E-state index >= 15 is 0 Å². The van der Waals surface area contributed by atoms with Gasteiger partial charge in [0.2, 0.25) is 5.95 Å². The average molecular weight is 397 g/mol. The molecule has 1 aromatic heterocycles. The minimum Gasteiger partial charge on any atom is -0.363 e. The SMILES string of the molecule is CCNC(=S)Nc1nc(N2CCC(C)CC2)cc(N2Cc3ccccc3C2)n1. The number of piperidine rings is 1. The maximum atomic E-state index is 5.36. The highest BCUT2D eigenvalue weighted by Gasteiger charge is 2.23. The Morgan fingerprint density at radius 3 is 2.29 bits per heavy atom. The number of anilines is 3. The molecule has 0 atom stereocenters.